The number of halogens is 1. The Bertz CT molecular complexity index is 569. The van der Waals surface area contributed by atoms with Crippen LogP contribution in [0.5, 0.6) is 0 Å². The fraction of sp³-hybridized carbons (Fsp3) is 0.692. The predicted molar refractivity (Wildman–Crippen MR) is 84.1 cm³/mol. The van der Waals surface area contributed by atoms with E-state index in [0.717, 1.165) is 22.6 Å². The molecule has 1 aliphatic heterocycles. The highest BCUT2D eigenvalue weighted by atomic mass is 35.5. The van der Waals surface area contributed by atoms with E-state index in [0.29, 0.717) is 29.9 Å². The van der Waals surface area contributed by atoms with Crippen molar-refractivity contribution < 1.29 is 8.42 Å². The first-order valence-corrected chi connectivity index (χ1v) is 9.47. The largest absolute Gasteiger partial charge is 0.305 e. The Balaban J connectivity index is 2.27. The standard InChI is InChI=1S/C13H21ClN2O2S2/c1-10-13(7-12(8-14)19-10)20(17,18)16-6-4-5-11(9-16)15(2)3/h7,11H,4-6,8-9H2,1-3H3. The van der Waals surface area contributed by atoms with Crippen molar-refractivity contribution in [1.82, 2.24) is 9.21 Å². The zero-order chi connectivity index (χ0) is 14.9. The molecule has 114 valence electrons. The number of aryl methyl sites for hydroxylation is 1. The maximum absolute atomic E-state index is 12.8. The number of alkyl halides is 1. The average Bonchev–Trinajstić information content (AvgIpc) is 2.81. The summed E-state index contributed by atoms with van der Waals surface area (Å²) in [5, 5.41) is 0. The Hall–Kier alpha value is -0.140. The van der Waals surface area contributed by atoms with Crippen LogP contribution in [0.1, 0.15) is 22.6 Å². The molecule has 1 unspecified atom stereocenters. The minimum atomic E-state index is -3.39. The van der Waals surface area contributed by atoms with Crippen molar-refractivity contribution in [1.29, 1.82) is 0 Å². The molecular weight excluding hydrogens is 316 g/mol. The van der Waals surface area contributed by atoms with Gasteiger partial charge in [-0.25, -0.2) is 8.42 Å². The summed E-state index contributed by atoms with van der Waals surface area (Å²) < 4.78 is 27.2. The summed E-state index contributed by atoms with van der Waals surface area (Å²) in [5.74, 6) is 0.362. The molecule has 1 aliphatic rings. The van der Waals surface area contributed by atoms with Crippen LogP contribution < -0.4 is 0 Å². The van der Waals surface area contributed by atoms with Gasteiger partial charge in [-0.2, -0.15) is 4.31 Å². The Morgan fingerprint density at radius 2 is 2.20 bits per heavy atom. The normalized spacial score (nSPS) is 21.6. The molecule has 1 fully saturated rings. The molecule has 0 N–H and O–H groups in total. The molecule has 2 rings (SSSR count). The van der Waals surface area contributed by atoms with Crippen LogP contribution >= 0.6 is 22.9 Å². The van der Waals surface area contributed by atoms with Gasteiger partial charge in [0, 0.05) is 28.9 Å². The zero-order valence-electron chi connectivity index (χ0n) is 12.1. The highest BCUT2D eigenvalue weighted by Crippen LogP contribution is 2.30. The molecule has 0 aliphatic carbocycles. The lowest BCUT2D eigenvalue weighted by Gasteiger charge is -2.35. The highest BCUT2D eigenvalue weighted by molar-refractivity contribution is 7.89. The number of nitrogens with zero attached hydrogens (tertiary/aromatic N) is 2. The third kappa shape index (κ3) is 3.20. The fourth-order valence-electron chi connectivity index (χ4n) is 2.55. The second-order valence-corrected chi connectivity index (χ2v) is 8.90. The second kappa shape index (κ2) is 6.32. The topological polar surface area (TPSA) is 40.6 Å². The summed E-state index contributed by atoms with van der Waals surface area (Å²) in [6.45, 7) is 3.03. The Morgan fingerprint density at radius 3 is 2.75 bits per heavy atom. The van der Waals surface area contributed by atoms with Gasteiger partial charge >= 0.3 is 0 Å². The number of rotatable bonds is 4. The van der Waals surface area contributed by atoms with E-state index >= 15 is 0 Å². The van der Waals surface area contributed by atoms with Crippen molar-refractivity contribution >= 4 is 33.0 Å². The van der Waals surface area contributed by atoms with Gasteiger partial charge < -0.3 is 4.90 Å². The number of hydrogen-bond acceptors (Lipinski definition) is 4. The van der Waals surface area contributed by atoms with Gasteiger partial charge in [0.15, 0.2) is 0 Å². The Morgan fingerprint density at radius 1 is 1.50 bits per heavy atom. The van der Waals surface area contributed by atoms with Crippen LogP contribution in [-0.2, 0) is 15.9 Å². The van der Waals surface area contributed by atoms with Crippen molar-refractivity contribution in [3.63, 3.8) is 0 Å². The summed E-state index contributed by atoms with van der Waals surface area (Å²) in [5.41, 5.74) is 0. The second-order valence-electron chi connectivity index (χ2n) is 5.39. The van der Waals surface area contributed by atoms with Crippen LogP contribution in [0.15, 0.2) is 11.0 Å². The van der Waals surface area contributed by atoms with E-state index in [1.807, 2.05) is 21.0 Å². The van der Waals surface area contributed by atoms with Crippen molar-refractivity contribution in [2.45, 2.75) is 36.6 Å². The molecule has 1 atom stereocenters. The number of piperidine rings is 1. The first-order valence-electron chi connectivity index (χ1n) is 6.68. The van der Waals surface area contributed by atoms with Crippen molar-refractivity contribution in [3.8, 4) is 0 Å². The summed E-state index contributed by atoms with van der Waals surface area (Å²) >= 11 is 7.27. The van der Waals surface area contributed by atoms with Crippen molar-refractivity contribution in [2.24, 2.45) is 0 Å². The summed E-state index contributed by atoms with van der Waals surface area (Å²) in [7, 11) is 0.614. The predicted octanol–water partition coefficient (Wildman–Crippen LogP) is 2.51. The fourth-order valence-corrected chi connectivity index (χ4v) is 5.76. The third-order valence-electron chi connectivity index (χ3n) is 3.76. The van der Waals surface area contributed by atoms with E-state index in [-0.39, 0.29) is 0 Å². The first-order chi connectivity index (χ1) is 9.36. The molecular formula is C13H21ClN2O2S2. The van der Waals surface area contributed by atoms with Crippen LogP contribution in [-0.4, -0.2) is 50.8 Å². The van der Waals surface area contributed by atoms with Gasteiger partial charge in [-0.05, 0) is 39.9 Å². The SMILES string of the molecule is Cc1sc(CCl)cc1S(=O)(=O)N1CCCC(N(C)C)C1. The average molecular weight is 337 g/mol. The smallest absolute Gasteiger partial charge is 0.244 e. The number of hydrogen-bond donors (Lipinski definition) is 0. The lowest BCUT2D eigenvalue weighted by atomic mass is 10.1. The molecule has 1 saturated heterocycles. The van der Waals surface area contributed by atoms with E-state index in [1.165, 1.54) is 11.3 Å². The van der Waals surface area contributed by atoms with Crippen LogP contribution in [0.3, 0.4) is 0 Å². The minimum absolute atomic E-state index is 0.296. The summed E-state index contributed by atoms with van der Waals surface area (Å²) in [6, 6.07) is 2.02. The van der Waals surface area contributed by atoms with Crippen LogP contribution in [0.2, 0.25) is 0 Å². The summed E-state index contributed by atoms with van der Waals surface area (Å²) in [6.07, 6.45) is 1.96. The van der Waals surface area contributed by atoms with Gasteiger partial charge in [0.1, 0.15) is 0 Å². The van der Waals surface area contributed by atoms with E-state index in [9.17, 15) is 8.42 Å². The maximum atomic E-state index is 12.8. The van der Waals surface area contributed by atoms with Gasteiger partial charge in [0.25, 0.3) is 0 Å². The van der Waals surface area contributed by atoms with Crippen molar-refractivity contribution in [3.05, 3.63) is 15.8 Å². The van der Waals surface area contributed by atoms with Crippen LogP contribution in [0, 0.1) is 6.92 Å². The van der Waals surface area contributed by atoms with Gasteiger partial charge in [0.05, 0.1) is 10.8 Å². The molecule has 4 nitrogen and oxygen atoms in total. The quantitative estimate of drug-likeness (QED) is 0.793. The van der Waals surface area contributed by atoms with Gasteiger partial charge in [0.2, 0.25) is 10.0 Å². The highest BCUT2D eigenvalue weighted by Gasteiger charge is 2.32. The van der Waals surface area contributed by atoms with Gasteiger partial charge in [-0.3, -0.25) is 0 Å². The molecule has 2 heterocycles. The van der Waals surface area contributed by atoms with E-state index in [2.05, 4.69) is 4.90 Å². The molecule has 20 heavy (non-hydrogen) atoms. The van der Waals surface area contributed by atoms with E-state index in [4.69, 9.17) is 11.6 Å². The molecule has 0 saturated carbocycles. The molecule has 1 aromatic heterocycles. The van der Waals surface area contributed by atoms with Crippen LogP contribution in [0.4, 0.5) is 0 Å². The molecule has 1 aromatic rings. The number of thiophene rings is 1. The lowest BCUT2D eigenvalue weighted by molar-refractivity contribution is 0.190. The minimum Gasteiger partial charge on any atom is -0.305 e. The number of sulfonamides is 1. The monoisotopic (exact) mass is 336 g/mol. The van der Waals surface area contributed by atoms with Crippen LogP contribution in [0.25, 0.3) is 0 Å². The summed E-state index contributed by atoms with van der Waals surface area (Å²) in [4.78, 5) is 4.26. The Labute approximate surface area is 130 Å². The Kier molecular flexibility index (Phi) is 5.13. The number of likely N-dealkylation sites (N-methyl/N-ethyl adjacent to an activating group) is 1. The molecule has 0 radical (unpaired) electrons. The van der Waals surface area contributed by atoms with Gasteiger partial charge in [-0.15, -0.1) is 22.9 Å². The molecule has 0 spiro atoms. The first kappa shape index (κ1) is 16.2. The molecule has 0 aromatic carbocycles. The molecule has 7 heteroatoms. The zero-order valence-corrected chi connectivity index (χ0v) is 14.5. The lowest BCUT2D eigenvalue weighted by Crippen LogP contribution is -2.47. The van der Waals surface area contributed by atoms with Gasteiger partial charge in [-0.1, -0.05) is 0 Å². The maximum Gasteiger partial charge on any atom is 0.244 e. The molecule has 0 amide bonds. The van der Waals surface area contributed by atoms with Crippen molar-refractivity contribution in [2.75, 3.05) is 27.2 Å². The van der Waals surface area contributed by atoms with E-state index in [1.54, 1.807) is 10.4 Å². The van der Waals surface area contributed by atoms with E-state index < -0.39 is 10.0 Å². The molecule has 0 bridgehead atoms. The third-order valence-corrected chi connectivity index (χ3v) is 7.38.